The fraction of sp³-hybridized carbons (Fsp3) is 0.533. The molecule has 0 radical (unpaired) electrons. The van der Waals surface area contributed by atoms with Crippen LogP contribution in [-0.2, 0) is 0 Å². The molecule has 1 unspecified atom stereocenters. The number of unbranched alkanes of at least 4 members (excludes halogenated alkanes) is 1. The summed E-state index contributed by atoms with van der Waals surface area (Å²) in [4.78, 5) is 26.5. The fourth-order valence-electron chi connectivity index (χ4n) is 1.97. The average molecular weight is 278 g/mol. The van der Waals surface area contributed by atoms with E-state index in [1.807, 2.05) is 0 Å². The van der Waals surface area contributed by atoms with Gasteiger partial charge in [-0.3, -0.25) is 4.79 Å². The minimum absolute atomic E-state index is 0.115. The van der Waals surface area contributed by atoms with E-state index in [9.17, 15) is 9.59 Å². The molecule has 0 saturated carbocycles. The molecule has 0 spiro atoms. The van der Waals surface area contributed by atoms with E-state index in [1.165, 1.54) is 18.3 Å². The summed E-state index contributed by atoms with van der Waals surface area (Å²) in [6, 6.07) is 2.82. The molecule has 0 fully saturated rings. The summed E-state index contributed by atoms with van der Waals surface area (Å²) in [5, 5.41) is 11.7. The van der Waals surface area contributed by atoms with E-state index in [-0.39, 0.29) is 11.6 Å². The van der Waals surface area contributed by atoms with Crippen molar-refractivity contribution >= 4 is 11.9 Å². The molecule has 5 nitrogen and oxygen atoms in total. The van der Waals surface area contributed by atoms with Crippen molar-refractivity contribution in [1.29, 1.82) is 0 Å². The highest BCUT2D eigenvalue weighted by atomic mass is 16.4. The van der Waals surface area contributed by atoms with Crippen LogP contribution in [-0.4, -0.2) is 28.5 Å². The van der Waals surface area contributed by atoms with Crippen LogP contribution in [0, 0.1) is 5.92 Å². The maximum absolute atomic E-state index is 12.0. The Bertz CT molecular complexity index is 460. The van der Waals surface area contributed by atoms with Crippen molar-refractivity contribution in [2.45, 2.75) is 39.5 Å². The van der Waals surface area contributed by atoms with Crippen molar-refractivity contribution in [3.05, 3.63) is 29.6 Å². The third kappa shape index (κ3) is 4.99. The smallest absolute Gasteiger partial charge is 0.354 e. The Labute approximate surface area is 119 Å². The highest BCUT2D eigenvalue weighted by Crippen LogP contribution is 2.11. The first-order valence-corrected chi connectivity index (χ1v) is 7.06. The minimum atomic E-state index is -1.13. The molecular formula is C15H22N2O3. The molecule has 0 aliphatic rings. The third-order valence-electron chi connectivity index (χ3n) is 3.34. The number of carboxylic acids is 1. The summed E-state index contributed by atoms with van der Waals surface area (Å²) in [6.07, 6.45) is 5.78. The van der Waals surface area contributed by atoms with Crippen molar-refractivity contribution in [2.24, 2.45) is 5.92 Å². The zero-order valence-electron chi connectivity index (χ0n) is 12.1. The third-order valence-corrected chi connectivity index (χ3v) is 3.34. The number of carbonyl (C=O) groups excluding carboxylic acids is 1. The maximum Gasteiger partial charge on any atom is 0.354 e. The van der Waals surface area contributed by atoms with Crippen LogP contribution in [0.2, 0.25) is 0 Å². The molecule has 2 N–H and O–H groups in total. The first kappa shape index (κ1) is 16.1. The number of hydrogen-bond acceptors (Lipinski definition) is 3. The van der Waals surface area contributed by atoms with Crippen molar-refractivity contribution in [2.75, 3.05) is 6.54 Å². The summed E-state index contributed by atoms with van der Waals surface area (Å²) in [6.45, 7) is 4.89. The standard InChI is InChI=1S/C15H22N2O3/c1-3-5-6-11(4-2)10-17-14(18)12-7-8-16-13(9-12)15(19)20/h7-9,11H,3-6,10H2,1-2H3,(H,17,18)(H,19,20). The van der Waals surface area contributed by atoms with Gasteiger partial charge in [-0.05, 0) is 24.5 Å². The van der Waals surface area contributed by atoms with Gasteiger partial charge in [0.15, 0.2) is 0 Å². The van der Waals surface area contributed by atoms with E-state index in [2.05, 4.69) is 24.1 Å². The van der Waals surface area contributed by atoms with E-state index in [0.29, 0.717) is 18.0 Å². The Morgan fingerprint density at radius 1 is 1.40 bits per heavy atom. The number of pyridine rings is 1. The van der Waals surface area contributed by atoms with E-state index >= 15 is 0 Å². The lowest BCUT2D eigenvalue weighted by Gasteiger charge is -2.15. The number of hydrogen-bond donors (Lipinski definition) is 2. The summed E-state index contributed by atoms with van der Waals surface area (Å²) in [5.74, 6) is -0.904. The van der Waals surface area contributed by atoms with Gasteiger partial charge in [0, 0.05) is 18.3 Å². The second-order valence-corrected chi connectivity index (χ2v) is 4.86. The Kier molecular flexibility index (Phi) is 6.70. The number of nitrogens with one attached hydrogen (secondary N) is 1. The highest BCUT2D eigenvalue weighted by molar-refractivity contribution is 5.96. The average Bonchev–Trinajstić information content (AvgIpc) is 2.47. The second kappa shape index (κ2) is 8.30. The van der Waals surface area contributed by atoms with E-state index in [1.54, 1.807) is 0 Å². The summed E-state index contributed by atoms with van der Waals surface area (Å²) < 4.78 is 0. The van der Waals surface area contributed by atoms with Crippen LogP contribution >= 0.6 is 0 Å². The molecule has 0 saturated heterocycles. The molecule has 1 amide bonds. The summed E-state index contributed by atoms with van der Waals surface area (Å²) in [7, 11) is 0. The number of amides is 1. The fourth-order valence-corrected chi connectivity index (χ4v) is 1.97. The van der Waals surface area contributed by atoms with Crippen LogP contribution in [0.4, 0.5) is 0 Å². The molecule has 0 bridgehead atoms. The van der Waals surface area contributed by atoms with Crippen LogP contribution in [0.5, 0.6) is 0 Å². The lowest BCUT2D eigenvalue weighted by molar-refractivity contribution is 0.0690. The Morgan fingerprint density at radius 3 is 2.75 bits per heavy atom. The number of carbonyl (C=O) groups is 2. The van der Waals surface area contributed by atoms with Crippen LogP contribution < -0.4 is 5.32 Å². The molecule has 1 aromatic rings. The zero-order chi connectivity index (χ0) is 15.0. The van der Waals surface area contributed by atoms with Crippen LogP contribution in [0.3, 0.4) is 0 Å². The number of aromatic carboxylic acids is 1. The Hall–Kier alpha value is -1.91. The van der Waals surface area contributed by atoms with Crippen molar-refractivity contribution in [3.8, 4) is 0 Å². The normalized spacial score (nSPS) is 11.9. The van der Waals surface area contributed by atoms with Gasteiger partial charge in [-0.1, -0.05) is 33.1 Å². The molecular weight excluding hydrogens is 256 g/mol. The molecule has 1 atom stereocenters. The number of aromatic nitrogens is 1. The maximum atomic E-state index is 12.0. The predicted octanol–water partition coefficient (Wildman–Crippen LogP) is 2.73. The topological polar surface area (TPSA) is 79.3 Å². The van der Waals surface area contributed by atoms with Gasteiger partial charge in [0.1, 0.15) is 5.69 Å². The van der Waals surface area contributed by atoms with Gasteiger partial charge < -0.3 is 10.4 Å². The van der Waals surface area contributed by atoms with Crippen LogP contribution in [0.15, 0.2) is 18.3 Å². The molecule has 20 heavy (non-hydrogen) atoms. The predicted molar refractivity (Wildman–Crippen MR) is 76.8 cm³/mol. The highest BCUT2D eigenvalue weighted by Gasteiger charge is 2.12. The first-order valence-electron chi connectivity index (χ1n) is 7.06. The monoisotopic (exact) mass is 278 g/mol. The molecule has 5 heteroatoms. The molecule has 110 valence electrons. The summed E-state index contributed by atoms with van der Waals surface area (Å²) >= 11 is 0. The molecule has 0 aliphatic heterocycles. The lowest BCUT2D eigenvalue weighted by Crippen LogP contribution is -2.29. The Morgan fingerprint density at radius 2 is 2.15 bits per heavy atom. The minimum Gasteiger partial charge on any atom is -0.477 e. The van der Waals surface area contributed by atoms with Crippen molar-refractivity contribution in [3.63, 3.8) is 0 Å². The number of nitrogens with zero attached hydrogens (tertiary/aromatic N) is 1. The van der Waals surface area contributed by atoms with E-state index < -0.39 is 5.97 Å². The van der Waals surface area contributed by atoms with Gasteiger partial charge in [-0.15, -0.1) is 0 Å². The second-order valence-electron chi connectivity index (χ2n) is 4.86. The van der Waals surface area contributed by atoms with Gasteiger partial charge >= 0.3 is 5.97 Å². The van der Waals surface area contributed by atoms with E-state index in [4.69, 9.17) is 5.11 Å². The molecule has 0 aliphatic carbocycles. The van der Waals surface area contributed by atoms with Crippen molar-refractivity contribution < 1.29 is 14.7 Å². The quantitative estimate of drug-likeness (QED) is 0.766. The SMILES string of the molecule is CCCCC(CC)CNC(=O)c1ccnc(C(=O)O)c1. The van der Waals surface area contributed by atoms with Gasteiger partial charge in [0.05, 0.1) is 0 Å². The number of rotatable bonds is 8. The first-order chi connectivity index (χ1) is 9.58. The molecule has 0 aromatic carbocycles. The van der Waals surface area contributed by atoms with Gasteiger partial charge in [0.25, 0.3) is 5.91 Å². The van der Waals surface area contributed by atoms with Gasteiger partial charge in [0.2, 0.25) is 0 Å². The largest absolute Gasteiger partial charge is 0.477 e. The van der Waals surface area contributed by atoms with Gasteiger partial charge in [-0.25, -0.2) is 9.78 Å². The van der Waals surface area contributed by atoms with Gasteiger partial charge in [-0.2, -0.15) is 0 Å². The van der Waals surface area contributed by atoms with Crippen LogP contribution in [0.1, 0.15) is 60.4 Å². The lowest BCUT2D eigenvalue weighted by atomic mass is 9.99. The molecule has 1 aromatic heterocycles. The zero-order valence-corrected chi connectivity index (χ0v) is 12.1. The van der Waals surface area contributed by atoms with Crippen molar-refractivity contribution in [1.82, 2.24) is 10.3 Å². The van der Waals surface area contributed by atoms with E-state index in [0.717, 1.165) is 25.7 Å². The number of carboxylic acid groups (broad SMARTS) is 1. The molecule has 1 heterocycles. The summed E-state index contributed by atoms with van der Waals surface area (Å²) in [5.41, 5.74) is 0.221. The molecule has 1 rings (SSSR count). The van der Waals surface area contributed by atoms with Crippen LogP contribution in [0.25, 0.3) is 0 Å². The Balaban J connectivity index is 2.57.